The van der Waals surface area contributed by atoms with Crippen molar-refractivity contribution in [2.75, 3.05) is 0 Å². The quantitative estimate of drug-likeness (QED) is 0.410. The molecule has 0 heterocycles. The summed E-state index contributed by atoms with van der Waals surface area (Å²) in [4.78, 5) is 0. The van der Waals surface area contributed by atoms with Crippen LogP contribution in [0.1, 0.15) is 0 Å². The van der Waals surface area contributed by atoms with E-state index in [1.165, 1.54) is 0 Å². The number of hydrogen-bond acceptors (Lipinski definition) is 6. The second-order valence-electron chi connectivity index (χ2n) is 1.06. The molecule has 0 radical (unpaired) electrons. The summed E-state index contributed by atoms with van der Waals surface area (Å²) in [6.07, 6.45) is 0. The molecule has 0 aromatic carbocycles. The maximum atomic E-state index is 9.96. The Bertz CT molecular complexity index is 263. The van der Waals surface area contributed by atoms with Crippen LogP contribution in [-0.4, -0.2) is 38.7 Å². The van der Waals surface area contributed by atoms with Crippen molar-refractivity contribution in [1.29, 1.82) is 0 Å². The molecule has 0 unspecified atom stereocenters. The molecule has 0 rings (SSSR count). The van der Waals surface area contributed by atoms with Crippen molar-refractivity contribution in [3.05, 3.63) is 0 Å². The second-order valence-corrected chi connectivity index (χ2v) is 14.6. The normalized spacial score (nSPS) is 13.3. The molecule has 0 aliphatic heterocycles. The van der Waals surface area contributed by atoms with Crippen molar-refractivity contribution < 1.29 is 25.9 Å². The zero-order chi connectivity index (χ0) is 9.12. The number of rotatable bonds is 4. The van der Waals surface area contributed by atoms with Crippen LogP contribution in [0.15, 0.2) is 0 Å². The van der Waals surface area contributed by atoms with Gasteiger partial charge in [-0.15, -0.1) is 0 Å². The van der Waals surface area contributed by atoms with Gasteiger partial charge in [-0.1, -0.05) is 0 Å². The molecule has 0 aromatic heterocycles. The van der Waals surface area contributed by atoms with E-state index in [9.17, 15) is 16.8 Å². The molecule has 0 spiro atoms. The summed E-state index contributed by atoms with van der Waals surface area (Å²) in [5.41, 5.74) is 0. The van der Waals surface area contributed by atoms with Crippen molar-refractivity contribution in [3.63, 3.8) is 0 Å². The first-order valence-electron chi connectivity index (χ1n) is 1.70. The molecule has 0 bridgehead atoms. The Morgan fingerprint density at radius 2 is 1.18 bits per heavy atom. The van der Waals surface area contributed by atoms with E-state index in [0.717, 1.165) is 0 Å². The van der Waals surface area contributed by atoms with E-state index < -0.39 is 31.0 Å². The van der Waals surface area contributed by atoms with Crippen molar-refractivity contribution in [3.8, 4) is 0 Å². The number of hydrogen-bond donors (Lipinski definition) is 2. The molecule has 0 saturated heterocycles. The van der Waals surface area contributed by atoms with Gasteiger partial charge in [0.15, 0.2) is 0 Å². The van der Waals surface area contributed by atoms with Crippen LogP contribution in [0, 0.1) is 0 Å². The van der Waals surface area contributed by atoms with E-state index in [0.29, 0.717) is 0 Å². The first kappa shape index (κ1) is 12.0. The molecule has 68 valence electrons. The monoisotopic (exact) mass is 306 g/mol. The van der Waals surface area contributed by atoms with Gasteiger partial charge in [-0.05, 0) is 0 Å². The van der Waals surface area contributed by atoms with Crippen molar-refractivity contribution >= 4 is 49.4 Å². The molecular formula is H2O6S4Se. The Morgan fingerprint density at radius 3 is 1.36 bits per heavy atom. The Balaban J connectivity index is 3.79. The fourth-order valence-electron chi connectivity index (χ4n) is 0.0815. The van der Waals surface area contributed by atoms with Gasteiger partial charge in [-0.25, -0.2) is 0 Å². The van der Waals surface area contributed by atoms with E-state index in [2.05, 4.69) is 0 Å². The van der Waals surface area contributed by atoms with Gasteiger partial charge < -0.3 is 0 Å². The van der Waals surface area contributed by atoms with Gasteiger partial charge in [0, 0.05) is 0 Å². The predicted octanol–water partition coefficient (Wildman–Crippen LogP) is -0.407. The minimum atomic E-state index is -4.20. The van der Waals surface area contributed by atoms with Crippen LogP contribution in [0.2, 0.25) is 0 Å². The molecular weight excluding hydrogens is 303 g/mol. The third kappa shape index (κ3) is 11.0. The molecule has 0 saturated carbocycles. The fourth-order valence-corrected chi connectivity index (χ4v) is 14.6. The summed E-state index contributed by atoms with van der Waals surface area (Å²) in [5.74, 6) is 0. The topological polar surface area (TPSA) is 109 Å². The maximum absolute atomic E-state index is 9.96. The van der Waals surface area contributed by atoms with Crippen molar-refractivity contribution in [2.24, 2.45) is 0 Å². The van der Waals surface area contributed by atoms with E-state index >= 15 is 0 Å². The Kier molecular flexibility index (Phi) is 4.73. The van der Waals surface area contributed by atoms with Crippen LogP contribution < -0.4 is 0 Å². The molecule has 0 fully saturated rings. The average molecular weight is 305 g/mol. The van der Waals surface area contributed by atoms with Crippen LogP contribution in [0.4, 0.5) is 0 Å². The standard InChI is InChI=1S/H2O6S4Se/c1-9(2,3)7-11-8-10(4,5)6/h(H,1,2,3)(H,4,5,6). The first-order chi connectivity index (χ1) is 4.71. The van der Waals surface area contributed by atoms with Crippen LogP contribution >= 0.6 is 18.4 Å². The van der Waals surface area contributed by atoms with Crippen LogP contribution in [-0.2, 0) is 18.3 Å². The summed E-state index contributed by atoms with van der Waals surface area (Å²) >= 11 is -0.999. The van der Waals surface area contributed by atoms with Gasteiger partial charge in [0.25, 0.3) is 0 Å². The molecule has 0 aromatic rings. The van der Waals surface area contributed by atoms with E-state index in [-0.39, 0.29) is 18.4 Å². The van der Waals surface area contributed by atoms with Gasteiger partial charge in [0.05, 0.1) is 0 Å². The zero-order valence-corrected chi connectivity index (χ0v) is 9.55. The van der Waals surface area contributed by atoms with E-state index in [1.807, 2.05) is 0 Å². The van der Waals surface area contributed by atoms with E-state index in [4.69, 9.17) is 9.11 Å². The van der Waals surface area contributed by atoms with Crippen LogP contribution in [0.25, 0.3) is 0 Å². The van der Waals surface area contributed by atoms with Crippen LogP contribution in [0.3, 0.4) is 0 Å². The molecule has 2 N–H and O–H groups in total. The second kappa shape index (κ2) is 4.33. The van der Waals surface area contributed by atoms with Gasteiger partial charge in [0.2, 0.25) is 0 Å². The van der Waals surface area contributed by atoms with Gasteiger partial charge >= 0.3 is 75.4 Å². The Hall–Kier alpha value is 1.04. The van der Waals surface area contributed by atoms with Crippen molar-refractivity contribution in [2.45, 2.75) is 0 Å². The molecule has 0 aliphatic carbocycles. The molecule has 0 aliphatic rings. The molecule has 11 heteroatoms. The van der Waals surface area contributed by atoms with Crippen molar-refractivity contribution in [1.82, 2.24) is 0 Å². The van der Waals surface area contributed by atoms with Gasteiger partial charge in [0.1, 0.15) is 0 Å². The molecule has 0 atom stereocenters. The Labute approximate surface area is 75.1 Å². The molecule has 11 heavy (non-hydrogen) atoms. The zero-order valence-electron chi connectivity index (χ0n) is 4.57. The fraction of sp³-hybridized carbons (Fsp3) is 0. The minimum absolute atomic E-state index is 0.0745. The summed E-state index contributed by atoms with van der Waals surface area (Å²) in [7, 11) is -8.25. The third-order valence-corrected chi connectivity index (χ3v) is 15.8. The van der Waals surface area contributed by atoms with Crippen LogP contribution in [0.5, 0.6) is 0 Å². The third-order valence-electron chi connectivity index (χ3n) is 0.228. The summed E-state index contributed by atoms with van der Waals surface area (Å²) in [6.45, 7) is 0. The SMILES string of the molecule is O=S(=O)(O)S[Se]SS(=O)(=O)O. The summed E-state index contributed by atoms with van der Waals surface area (Å²) < 4.78 is 56.0. The average Bonchev–Trinajstić information content (AvgIpc) is 1.55. The summed E-state index contributed by atoms with van der Waals surface area (Å²) in [6, 6.07) is 0. The Morgan fingerprint density at radius 1 is 0.909 bits per heavy atom. The first-order valence-corrected chi connectivity index (χ1v) is 11.3. The van der Waals surface area contributed by atoms with E-state index in [1.54, 1.807) is 0 Å². The summed E-state index contributed by atoms with van der Waals surface area (Å²) in [5, 5.41) is 0. The predicted molar refractivity (Wildman–Crippen MR) is 44.0 cm³/mol. The van der Waals surface area contributed by atoms with Gasteiger partial charge in [-0.2, -0.15) is 0 Å². The van der Waals surface area contributed by atoms with Gasteiger partial charge in [-0.3, -0.25) is 0 Å². The molecule has 6 nitrogen and oxygen atoms in total. The molecule has 0 amide bonds.